The summed E-state index contributed by atoms with van der Waals surface area (Å²) in [7, 11) is 3.09. The molecule has 42 heavy (non-hydrogen) atoms. The second kappa shape index (κ2) is 10.3. The van der Waals surface area contributed by atoms with Crippen LogP contribution in [0.3, 0.4) is 0 Å². The van der Waals surface area contributed by atoms with E-state index in [2.05, 4.69) is 5.32 Å². The molecular weight excluding hydrogens is 545 g/mol. The Hall–Kier alpha value is -4.06. The standard InChI is InChI=1S/C31H34FN3O7/c1-13(2)34-12-16-9-14(5-7-20(16)32)17-6-8-21(36)23-18(17)10-15-11-19-25(35(3)4)27(38)24(30(33)41)29(40)31(19,42)28(39)22(15)26(23)37/h5-9,13,15,19,25,34,36-37,40,42H,10-12H2,1-4H3,(H2,33,41)/t15-,19-,25-,31-/m0/s1. The van der Waals surface area contributed by atoms with Gasteiger partial charge < -0.3 is 31.5 Å². The van der Waals surface area contributed by atoms with Crippen LogP contribution in [0.4, 0.5) is 4.39 Å². The van der Waals surface area contributed by atoms with Gasteiger partial charge in [-0.15, -0.1) is 0 Å². The third kappa shape index (κ3) is 4.31. The number of hydrogen-bond acceptors (Lipinski definition) is 9. The first kappa shape index (κ1) is 29.4. The lowest BCUT2D eigenvalue weighted by molar-refractivity contribution is -0.153. The molecule has 3 aliphatic carbocycles. The van der Waals surface area contributed by atoms with Gasteiger partial charge in [-0.1, -0.05) is 26.0 Å². The van der Waals surface area contributed by atoms with E-state index >= 15 is 0 Å². The maximum absolute atomic E-state index is 14.6. The van der Waals surface area contributed by atoms with Crippen LogP contribution in [-0.2, 0) is 27.3 Å². The van der Waals surface area contributed by atoms with Crippen molar-refractivity contribution in [2.24, 2.45) is 17.6 Å². The lowest BCUT2D eigenvalue weighted by Gasteiger charge is -2.50. The van der Waals surface area contributed by atoms with Crippen LogP contribution in [0.1, 0.15) is 37.0 Å². The molecule has 2 aromatic carbocycles. The Morgan fingerprint density at radius 2 is 1.86 bits per heavy atom. The van der Waals surface area contributed by atoms with Crippen molar-refractivity contribution in [2.75, 3.05) is 14.1 Å². The molecule has 1 amide bonds. The van der Waals surface area contributed by atoms with E-state index in [4.69, 9.17) is 5.73 Å². The van der Waals surface area contributed by atoms with E-state index in [1.807, 2.05) is 13.8 Å². The molecule has 0 spiro atoms. The molecule has 3 aliphatic rings. The maximum Gasteiger partial charge on any atom is 0.255 e. The van der Waals surface area contributed by atoms with Crippen molar-refractivity contribution in [1.82, 2.24) is 10.2 Å². The number of nitrogens with one attached hydrogen (secondary N) is 1. The number of fused-ring (bicyclic) bond motifs is 3. The average molecular weight is 580 g/mol. The summed E-state index contributed by atoms with van der Waals surface area (Å²) in [6.07, 6.45) is 0.114. The number of rotatable bonds is 6. The number of ketones is 2. The molecule has 0 heterocycles. The number of carbonyl (C=O) groups excluding carboxylic acids is 3. The van der Waals surface area contributed by atoms with Crippen molar-refractivity contribution in [3.8, 4) is 16.9 Å². The van der Waals surface area contributed by atoms with E-state index in [1.165, 1.54) is 17.0 Å². The number of primary amides is 1. The number of hydrogen-bond donors (Lipinski definition) is 6. The molecule has 10 nitrogen and oxygen atoms in total. The van der Waals surface area contributed by atoms with Crippen LogP contribution < -0.4 is 11.1 Å². The molecule has 0 aromatic heterocycles. The molecular formula is C31H34FN3O7. The first-order chi connectivity index (χ1) is 19.7. The molecule has 222 valence electrons. The van der Waals surface area contributed by atoms with Crippen LogP contribution in [0.15, 0.2) is 47.2 Å². The Morgan fingerprint density at radius 3 is 2.48 bits per heavy atom. The number of aliphatic hydroxyl groups excluding tert-OH is 2. The third-order valence-electron chi connectivity index (χ3n) is 8.66. The number of benzene rings is 2. The van der Waals surface area contributed by atoms with Gasteiger partial charge in [0.1, 0.15) is 28.7 Å². The van der Waals surface area contributed by atoms with E-state index in [-0.39, 0.29) is 48.1 Å². The molecule has 7 N–H and O–H groups in total. The number of halogens is 1. The number of phenolic OH excluding ortho intramolecular Hbond substituents is 1. The third-order valence-corrected chi connectivity index (χ3v) is 8.66. The van der Waals surface area contributed by atoms with Crippen LogP contribution in [-0.4, -0.2) is 74.6 Å². The van der Waals surface area contributed by atoms with E-state index < -0.39 is 58.0 Å². The van der Waals surface area contributed by atoms with E-state index in [9.17, 15) is 39.2 Å². The number of phenols is 1. The average Bonchev–Trinajstić information content (AvgIpc) is 2.90. The van der Waals surface area contributed by atoms with Crippen molar-refractivity contribution in [3.05, 3.63) is 69.7 Å². The number of nitrogens with zero attached hydrogens (tertiary/aromatic N) is 1. The predicted molar refractivity (Wildman–Crippen MR) is 152 cm³/mol. The van der Waals surface area contributed by atoms with E-state index in [1.54, 1.807) is 32.3 Å². The highest BCUT2D eigenvalue weighted by Crippen LogP contribution is 2.53. The lowest BCUT2D eigenvalue weighted by atomic mass is 9.57. The predicted octanol–water partition coefficient (Wildman–Crippen LogP) is 2.27. The maximum atomic E-state index is 14.6. The van der Waals surface area contributed by atoms with Gasteiger partial charge in [-0.2, -0.15) is 0 Å². The minimum absolute atomic E-state index is 0.0185. The molecule has 2 aromatic rings. The Balaban J connectivity index is 1.68. The quantitative estimate of drug-likeness (QED) is 0.281. The molecule has 0 unspecified atom stereocenters. The van der Waals surface area contributed by atoms with Crippen LogP contribution in [0.5, 0.6) is 5.75 Å². The van der Waals surface area contributed by atoms with Crippen molar-refractivity contribution in [3.63, 3.8) is 0 Å². The Morgan fingerprint density at radius 1 is 1.17 bits per heavy atom. The van der Waals surface area contributed by atoms with Crippen molar-refractivity contribution in [1.29, 1.82) is 0 Å². The molecule has 0 radical (unpaired) electrons. The number of carbonyl (C=O) groups is 3. The van der Waals surface area contributed by atoms with Gasteiger partial charge in [-0.25, -0.2) is 4.39 Å². The van der Waals surface area contributed by atoms with Crippen molar-refractivity contribution >= 4 is 23.2 Å². The van der Waals surface area contributed by atoms with Gasteiger partial charge in [0, 0.05) is 29.6 Å². The zero-order chi connectivity index (χ0) is 30.8. The number of nitrogens with two attached hydrogens (primary N) is 1. The number of Topliss-reactive ketones (excluding diaryl/α,β-unsaturated/α-hetero) is 2. The topological polar surface area (TPSA) is 173 Å². The van der Waals surface area contributed by atoms with Crippen LogP contribution in [0, 0.1) is 17.7 Å². The molecule has 0 aliphatic heterocycles. The van der Waals surface area contributed by atoms with Gasteiger partial charge in [0.05, 0.1) is 11.6 Å². The van der Waals surface area contributed by atoms with Crippen LogP contribution in [0.2, 0.25) is 0 Å². The Bertz CT molecular complexity index is 1590. The largest absolute Gasteiger partial charge is 0.508 e. The van der Waals surface area contributed by atoms with Crippen molar-refractivity contribution < 1.29 is 39.2 Å². The number of aliphatic hydroxyl groups is 3. The van der Waals surface area contributed by atoms with Crippen molar-refractivity contribution in [2.45, 2.75) is 50.9 Å². The van der Waals surface area contributed by atoms with Crippen LogP contribution >= 0.6 is 0 Å². The normalized spacial score (nSPS) is 25.6. The molecule has 0 saturated heterocycles. The number of aromatic hydroxyl groups is 1. The summed E-state index contributed by atoms with van der Waals surface area (Å²) in [5, 5.41) is 48.2. The summed E-state index contributed by atoms with van der Waals surface area (Å²) in [4.78, 5) is 40.8. The first-order valence-corrected chi connectivity index (χ1v) is 13.7. The van der Waals surface area contributed by atoms with Gasteiger partial charge in [0.15, 0.2) is 11.4 Å². The van der Waals surface area contributed by atoms with Gasteiger partial charge >= 0.3 is 0 Å². The summed E-state index contributed by atoms with van der Waals surface area (Å²) in [6, 6.07) is 6.60. The highest BCUT2D eigenvalue weighted by Gasteiger charge is 2.64. The Kier molecular flexibility index (Phi) is 7.24. The van der Waals surface area contributed by atoms with Crippen LogP contribution in [0.25, 0.3) is 16.9 Å². The zero-order valence-electron chi connectivity index (χ0n) is 23.7. The van der Waals surface area contributed by atoms with E-state index in [0.29, 0.717) is 22.3 Å². The fourth-order valence-corrected chi connectivity index (χ4v) is 6.71. The SMILES string of the molecule is CC(C)NCc1cc(-c2ccc(O)c3c2C[C@H]2C[C@H]4[C@H](N(C)C)C(=O)C(C(N)=O)=C(O)[C@@]4(O)C(=O)C2=C3O)ccc1F. The fourth-order valence-electron chi connectivity index (χ4n) is 6.71. The van der Waals surface area contributed by atoms with Gasteiger partial charge in [0.2, 0.25) is 5.78 Å². The summed E-state index contributed by atoms with van der Waals surface area (Å²) >= 11 is 0. The van der Waals surface area contributed by atoms with Gasteiger partial charge in [-0.05, 0) is 67.7 Å². The highest BCUT2D eigenvalue weighted by atomic mass is 19.1. The minimum Gasteiger partial charge on any atom is -0.508 e. The first-order valence-electron chi connectivity index (χ1n) is 13.7. The van der Waals surface area contributed by atoms with Gasteiger partial charge in [-0.3, -0.25) is 19.3 Å². The molecule has 5 rings (SSSR count). The second-order valence-electron chi connectivity index (χ2n) is 11.8. The summed E-state index contributed by atoms with van der Waals surface area (Å²) in [5.41, 5.74) is 3.74. The summed E-state index contributed by atoms with van der Waals surface area (Å²) in [5.74, 6) is -7.47. The van der Waals surface area contributed by atoms with E-state index in [0.717, 1.165) is 0 Å². The molecule has 0 bridgehead atoms. The monoisotopic (exact) mass is 579 g/mol. The number of amides is 1. The van der Waals surface area contributed by atoms with Gasteiger partial charge in [0.25, 0.3) is 5.91 Å². The highest BCUT2D eigenvalue weighted by molar-refractivity contribution is 6.24. The molecule has 4 atom stereocenters. The summed E-state index contributed by atoms with van der Waals surface area (Å²) < 4.78 is 14.6. The lowest BCUT2D eigenvalue weighted by Crippen LogP contribution is -2.65. The minimum atomic E-state index is -2.70. The summed E-state index contributed by atoms with van der Waals surface area (Å²) in [6.45, 7) is 4.18. The smallest absolute Gasteiger partial charge is 0.255 e. The molecule has 1 fully saturated rings. The second-order valence-corrected chi connectivity index (χ2v) is 11.8. The zero-order valence-corrected chi connectivity index (χ0v) is 23.7. The number of likely N-dealkylation sites (N-methyl/N-ethyl adjacent to an activating group) is 1. The molecule has 11 heteroatoms. The Labute approximate surface area is 242 Å². The molecule has 1 saturated carbocycles. The fraction of sp³-hybridized carbons (Fsp3) is 0.387.